The summed E-state index contributed by atoms with van der Waals surface area (Å²) in [6.45, 7) is 0. The minimum atomic E-state index is 0.376. The van der Waals surface area contributed by atoms with Gasteiger partial charge in [-0.1, -0.05) is 6.07 Å². The van der Waals surface area contributed by atoms with Crippen LogP contribution in [0.4, 0.5) is 5.82 Å². The third-order valence-electron chi connectivity index (χ3n) is 3.07. The van der Waals surface area contributed by atoms with Gasteiger partial charge in [-0.3, -0.25) is 0 Å². The molecule has 1 aliphatic rings. The van der Waals surface area contributed by atoms with Gasteiger partial charge in [0.25, 0.3) is 0 Å². The molecular formula is C13H12BrN3O. The van der Waals surface area contributed by atoms with E-state index in [0.29, 0.717) is 16.2 Å². The van der Waals surface area contributed by atoms with Gasteiger partial charge in [-0.25, -0.2) is 9.97 Å². The molecule has 0 unspecified atom stereocenters. The van der Waals surface area contributed by atoms with E-state index in [2.05, 4.69) is 38.0 Å². The van der Waals surface area contributed by atoms with Crippen molar-refractivity contribution in [2.45, 2.75) is 19.3 Å². The average Bonchev–Trinajstić information content (AvgIpc) is 2.82. The van der Waals surface area contributed by atoms with Gasteiger partial charge >= 0.3 is 0 Å². The van der Waals surface area contributed by atoms with Crippen molar-refractivity contribution in [1.29, 1.82) is 0 Å². The number of rotatable bonds is 2. The summed E-state index contributed by atoms with van der Waals surface area (Å²) in [5.74, 6) is 1.61. The molecule has 0 atom stereocenters. The third kappa shape index (κ3) is 2.06. The van der Waals surface area contributed by atoms with Crippen LogP contribution in [0.15, 0.2) is 29.0 Å². The zero-order valence-electron chi connectivity index (χ0n) is 9.69. The molecule has 3 rings (SSSR count). The lowest BCUT2D eigenvalue weighted by Crippen LogP contribution is -1.97. The van der Waals surface area contributed by atoms with E-state index in [1.54, 1.807) is 0 Å². The highest BCUT2D eigenvalue weighted by atomic mass is 79.9. The molecule has 1 aromatic carbocycles. The molecule has 2 aromatic rings. The molecular weight excluding hydrogens is 294 g/mol. The van der Waals surface area contributed by atoms with Crippen molar-refractivity contribution in [1.82, 2.24) is 9.97 Å². The molecule has 18 heavy (non-hydrogen) atoms. The molecule has 1 aromatic heterocycles. The van der Waals surface area contributed by atoms with Gasteiger partial charge in [0, 0.05) is 0 Å². The second-order valence-corrected chi connectivity index (χ2v) is 5.06. The van der Waals surface area contributed by atoms with E-state index in [4.69, 9.17) is 10.5 Å². The summed E-state index contributed by atoms with van der Waals surface area (Å²) in [5.41, 5.74) is 8.47. The maximum Gasteiger partial charge on any atom is 0.238 e. The zero-order valence-corrected chi connectivity index (χ0v) is 11.3. The van der Waals surface area contributed by atoms with Gasteiger partial charge < -0.3 is 10.5 Å². The minimum Gasteiger partial charge on any atom is -0.438 e. The predicted molar refractivity (Wildman–Crippen MR) is 72.7 cm³/mol. The Kier molecular flexibility index (Phi) is 2.91. The van der Waals surface area contributed by atoms with Crippen molar-refractivity contribution in [3.05, 3.63) is 40.1 Å². The molecule has 0 saturated carbocycles. The van der Waals surface area contributed by atoms with Crippen LogP contribution in [0.25, 0.3) is 0 Å². The highest BCUT2D eigenvalue weighted by Gasteiger charge is 2.13. The van der Waals surface area contributed by atoms with Crippen LogP contribution in [0, 0.1) is 0 Å². The summed E-state index contributed by atoms with van der Waals surface area (Å²) in [4.78, 5) is 7.95. The Morgan fingerprint density at radius 3 is 2.89 bits per heavy atom. The van der Waals surface area contributed by atoms with Crippen molar-refractivity contribution >= 4 is 21.7 Å². The van der Waals surface area contributed by atoms with Crippen molar-refractivity contribution in [2.24, 2.45) is 0 Å². The topological polar surface area (TPSA) is 61.0 Å². The molecule has 4 nitrogen and oxygen atoms in total. The Bertz CT molecular complexity index is 601. The number of nitrogens with zero attached hydrogens (tertiary/aromatic N) is 2. The fourth-order valence-electron chi connectivity index (χ4n) is 2.16. The number of halogens is 1. The van der Waals surface area contributed by atoms with Gasteiger partial charge in [0.15, 0.2) is 0 Å². The van der Waals surface area contributed by atoms with Crippen molar-refractivity contribution in [2.75, 3.05) is 5.73 Å². The molecule has 0 bridgehead atoms. The molecule has 0 fully saturated rings. The van der Waals surface area contributed by atoms with Crippen LogP contribution < -0.4 is 10.5 Å². The Hall–Kier alpha value is -1.62. The number of ether oxygens (including phenoxy) is 1. The normalized spacial score (nSPS) is 13.4. The Balaban J connectivity index is 1.90. The molecule has 0 aliphatic heterocycles. The fourth-order valence-corrected chi connectivity index (χ4v) is 2.45. The van der Waals surface area contributed by atoms with Gasteiger partial charge in [0.2, 0.25) is 5.88 Å². The molecule has 2 N–H and O–H groups in total. The number of hydrogen-bond donors (Lipinski definition) is 1. The van der Waals surface area contributed by atoms with Gasteiger partial charge in [0.1, 0.15) is 22.4 Å². The summed E-state index contributed by atoms with van der Waals surface area (Å²) in [6.07, 6.45) is 4.91. The zero-order chi connectivity index (χ0) is 12.5. The Morgan fingerprint density at radius 1 is 1.17 bits per heavy atom. The van der Waals surface area contributed by atoms with E-state index in [-0.39, 0.29) is 0 Å². The lowest BCUT2D eigenvalue weighted by atomic mass is 10.1. The standard InChI is InChI=1S/C13H12BrN3O/c14-11-12(15)16-7-17-13(11)18-10-5-4-8-2-1-3-9(8)6-10/h4-7H,1-3H2,(H2,15,16,17). The van der Waals surface area contributed by atoms with E-state index >= 15 is 0 Å². The number of anilines is 1. The summed E-state index contributed by atoms with van der Waals surface area (Å²) in [7, 11) is 0. The summed E-state index contributed by atoms with van der Waals surface area (Å²) >= 11 is 3.33. The monoisotopic (exact) mass is 305 g/mol. The maximum atomic E-state index is 5.74. The number of nitrogens with two attached hydrogens (primary N) is 1. The molecule has 0 radical (unpaired) electrons. The second kappa shape index (κ2) is 4.57. The first-order chi connectivity index (χ1) is 8.74. The SMILES string of the molecule is Nc1ncnc(Oc2ccc3c(c2)CCC3)c1Br. The van der Waals surface area contributed by atoms with Gasteiger partial charge in [-0.2, -0.15) is 0 Å². The predicted octanol–water partition coefficient (Wildman–Crippen LogP) is 3.10. The highest BCUT2D eigenvalue weighted by Crippen LogP contribution is 2.32. The first-order valence-electron chi connectivity index (χ1n) is 5.79. The summed E-state index contributed by atoms with van der Waals surface area (Å²) in [5, 5.41) is 0. The number of nitrogen functional groups attached to an aromatic ring is 1. The number of fused-ring (bicyclic) bond motifs is 1. The van der Waals surface area contributed by atoms with Crippen LogP contribution in [-0.2, 0) is 12.8 Å². The maximum absolute atomic E-state index is 5.74. The first kappa shape index (κ1) is 11.5. The number of hydrogen-bond acceptors (Lipinski definition) is 4. The Morgan fingerprint density at radius 2 is 2.00 bits per heavy atom. The lowest BCUT2D eigenvalue weighted by Gasteiger charge is -2.08. The van der Waals surface area contributed by atoms with Crippen molar-refractivity contribution in [3.8, 4) is 11.6 Å². The molecule has 0 spiro atoms. The summed E-state index contributed by atoms with van der Waals surface area (Å²) in [6, 6.07) is 6.16. The van der Waals surface area contributed by atoms with E-state index in [1.807, 2.05) is 6.07 Å². The molecule has 0 saturated heterocycles. The van der Waals surface area contributed by atoms with E-state index in [0.717, 1.165) is 12.2 Å². The van der Waals surface area contributed by atoms with Crippen LogP contribution in [0.3, 0.4) is 0 Å². The van der Waals surface area contributed by atoms with E-state index in [1.165, 1.54) is 30.3 Å². The lowest BCUT2D eigenvalue weighted by molar-refractivity contribution is 0.458. The Labute approximate surface area is 113 Å². The quantitative estimate of drug-likeness (QED) is 0.926. The largest absolute Gasteiger partial charge is 0.438 e. The van der Waals surface area contributed by atoms with Crippen LogP contribution in [0.2, 0.25) is 0 Å². The van der Waals surface area contributed by atoms with Gasteiger partial charge in [-0.05, 0) is 58.5 Å². The number of aromatic nitrogens is 2. The van der Waals surface area contributed by atoms with Gasteiger partial charge in [0.05, 0.1) is 0 Å². The molecule has 92 valence electrons. The minimum absolute atomic E-state index is 0.376. The first-order valence-corrected chi connectivity index (χ1v) is 6.59. The third-order valence-corrected chi connectivity index (χ3v) is 3.81. The van der Waals surface area contributed by atoms with Crippen LogP contribution in [0.1, 0.15) is 17.5 Å². The van der Waals surface area contributed by atoms with E-state index in [9.17, 15) is 0 Å². The molecule has 1 aliphatic carbocycles. The second-order valence-electron chi connectivity index (χ2n) is 4.26. The van der Waals surface area contributed by atoms with Crippen molar-refractivity contribution in [3.63, 3.8) is 0 Å². The molecule has 0 amide bonds. The smallest absolute Gasteiger partial charge is 0.238 e. The number of benzene rings is 1. The summed E-state index contributed by atoms with van der Waals surface area (Å²) < 4.78 is 6.33. The van der Waals surface area contributed by atoms with Gasteiger partial charge in [-0.15, -0.1) is 0 Å². The van der Waals surface area contributed by atoms with Crippen LogP contribution in [-0.4, -0.2) is 9.97 Å². The van der Waals surface area contributed by atoms with Crippen LogP contribution in [0.5, 0.6) is 11.6 Å². The average molecular weight is 306 g/mol. The van der Waals surface area contributed by atoms with Crippen molar-refractivity contribution < 1.29 is 4.74 Å². The fraction of sp³-hybridized carbons (Fsp3) is 0.231. The van der Waals surface area contributed by atoms with Crippen LogP contribution >= 0.6 is 15.9 Å². The molecule has 1 heterocycles. The number of aryl methyl sites for hydroxylation is 2. The molecule has 5 heteroatoms. The highest BCUT2D eigenvalue weighted by molar-refractivity contribution is 9.10. The van der Waals surface area contributed by atoms with E-state index < -0.39 is 0 Å².